The van der Waals surface area contributed by atoms with Gasteiger partial charge in [-0.3, -0.25) is 0 Å². The quantitative estimate of drug-likeness (QED) is 0.548. The molecule has 0 spiro atoms. The molecule has 1 heteroatoms. The van der Waals surface area contributed by atoms with E-state index >= 15 is 0 Å². The summed E-state index contributed by atoms with van der Waals surface area (Å²) in [6.07, 6.45) is 2.34. The Labute approximate surface area is 67.0 Å². The van der Waals surface area contributed by atoms with Crippen LogP contribution in [0.5, 0.6) is 5.75 Å². The molecule has 1 aliphatic heterocycles. The van der Waals surface area contributed by atoms with E-state index in [1.165, 1.54) is 17.5 Å². The van der Waals surface area contributed by atoms with Gasteiger partial charge < -0.3 is 4.74 Å². The first kappa shape index (κ1) is 6.71. The third-order valence-corrected chi connectivity index (χ3v) is 2.13. The van der Waals surface area contributed by atoms with Crippen LogP contribution in [0.1, 0.15) is 17.5 Å². The van der Waals surface area contributed by atoms with Crippen LogP contribution < -0.4 is 4.74 Å². The number of ether oxygens (including phenoxy) is 1. The molecule has 0 saturated carbocycles. The molecule has 11 heavy (non-hydrogen) atoms. The van der Waals surface area contributed by atoms with Gasteiger partial charge in [-0.25, -0.2) is 0 Å². The molecule has 0 amide bonds. The smallest absolute Gasteiger partial charge is 0.125 e. The van der Waals surface area contributed by atoms with Gasteiger partial charge in [0.05, 0.1) is 6.61 Å². The van der Waals surface area contributed by atoms with E-state index in [0.717, 1.165) is 18.8 Å². The summed E-state index contributed by atoms with van der Waals surface area (Å²) in [6.45, 7) is 2.99. The molecule has 1 aliphatic rings. The van der Waals surface area contributed by atoms with Crippen LogP contribution >= 0.6 is 0 Å². The van der Waals surface area contributed by atoms with E-state index in [-0.39, 0.29) is 0 Å². The lowest BCUT2D eigenvalue weighted by Crippen LogP contribution is -2.09. The molecule has 0 atom stereocenters. The second-order valence-electron chi connectivity index (χ2n) is 3.02. The van der Waals surface area contributed by atoms with Gasteiger partial charge in [-0.2, -0.15) is 0 Å². The molecule has 0 N–H and O–H groups in total. The Morgan fingerprint density at radius 2 is 2.27 bits per heavy atom. The molecule has 1 aromatic carbocycles. The first-order valence-corrected chi connectivity index (χ1v) is 4.09. The van der Waals surface area contributed by atoms with Gasteiger partial charge in [-0.05, 0) is 30.9 Å². The summed E-state index contributed by atoms with van der Waals surface area (Å²) in [5, 5.41) is 0. The Hall–Kier alpha value is -0.980. The lowest BCUT2D eigenvalue weighted by molar-refractivity contribution is 0.286. The predicted molar refractivity (Wildman–Crippen MR) is 45.0 cm³/mol. The van der Waals surface area contributed by atoms with E-state index in [1.54, 1.807) is 0 Å². The van der Waals surface area contributed by atoms with Gasteiger partial charge in [0, 0.05) is 0 Å². The zero-order valence-electron chi connectivity index (χ0n) is 6.76. The van der Waals surface area contributed by atoms with Crippen molar-refractivity contribution in [2.24, 2.45) is 0 Å². The molecule has 2 rings (SSSR count). The predicted octanol–water partition coefficient (Wildman–Crippen LogP) is 2.32. The Morgan fingerprint density at radius 3 is 3.09 bits per heavy atom. The molecular weight excluding hydrogens is 136 g/mol. The molecular formula is C10H12O. The highest BCUT2D eigenvalue weighted by Crippen LogP contribution is 2.27. The van der Waals surface area contributed by atoms with E-state index in [2.05, 4.69) is 25.1 Å². The SMILES string of the molecule is Cc1cccc2c1OCCC2. The molecule has 0 aromatic heterocycles. The van der Waals surface area contributed by atoms with Crippen LogP contribution in [-0.2, 0) is 6.42 Å². The van der Waals surface area contributed by atoms with Gasteiger partial charge in [0.25, 0.3) is 0 Å². The number of hydrogen-bond acceptors (Lipinski definition) is 1. The summed E-state index contributed by atoms with van der Waals surface area (Å²) in [4.78, 5) is 0. The normalized spacial score (nSPS) is 15.4. The zero-order valence-corrected chi connectivity index (χ0v) is 6.76. The summed E-state index contributed by atoms with van der Waals surface area (Å²) in [5.41, 5.74) is 2.64. The van der Waals surface area contributed by atoms with Crippen LogP contribution in [0.25, 0.3) is 0 Å². The van der Waals surface area contributed by atoms with Gasteiger partial charge in [-0.15, -0.1) is 0 Å². The standard InChI is InChI=1S/C10H12O/c1-8-4-2-5-9-6-3-7-11-10(8)9/h2,4-5H,3,6-7H2,1H3. The molecule has 0 aliphatic carbocycles. The minimum absolute atomic E-state index is 0.887. The maximum absolute atomic E-state index is 5.55. The van der Waals surface area contributed by atoms with Crippen molar-refractivity contribution in [1.82, 2.24) is 0 Å². The van der Waals surface area contributed by atoms with Gasteiger partial charge in [0.2, 0.25) is 0 Å². The highest BCUT2D eigenvalue weighted by Gasteiger charge is 2.10. The van der Waals surface area contributed by atoms with Crippen LogP contribution in [0.3, 0.4) is 0 Å². The highest BCUT2D eigenvalue weighted by molar-refractivity contribution is 5.41. The lowest BCUT2D eigenvalue weighted by atomic mass is 10.0. The van der Waals surface area contributed by atoms with E-state index < -0.39 is 0 Å². The van der Waals surface area contributed by atoms with Gasteiger partial charge >= 0.3 is 0 Å². The summed E-state index contributed by atoms with van der Waals surface area (Å²) in [6, 6.07) is 6.36. The minimum Gasteiger partial charge on any atom is -0.493 e. The molecule has 1 aromatic rings. The Bertz CT molecular complexity index is 266. The number of aryl methyl sites for hydroxylation is 2. The summed E-state index contributed by atoms with van der Waals surface area (Å²) < 4.78 is 5.55. The van der Waals surface area contributed by atoms with Crippen LogP contribution in [-0.4, -0.2) is 6.61 Å². The van der Waals surface area contributed by atoms with E-state index in [1.807, 2.05) is 0 Å². The van der Waals surface area contributed by atoms with Crippen molar-refractivity contribution >= 4 is 0 Å². The molecule has 0 bridgehead atoms. The van der Waals surface area contributed by atoms with Crippen molar-refractivity contribution in [2.75, 3.05) is 6.61 Å². The number of rotatable bonds is 0. The summed E-state index contributed by atoms with van der Waals surface area (Å²) >= 11 is 0. The largest absolute Gasteiger partial charge is 0.493 e. The van der Waals surface area contributed by atoms with E-state index in [0.29, 0.717) is 0 Å². The Morgan fingerprint density at radius 1 is 1.36 bits per heavy atom. The second kappa shape index (κ2) is 2.57. The van der Waals surface area contributed by atoms with Crippen LogP contribution in [0.15, 0.2) is 18.2 Å². The topological polar surface area (TPSA) is 9.23 Å². The average Bonchev–Trinajstić information content (AvgIpc) is 2.06. The lowest BCUT2D eigenvalue weighted by Gasteiger charge is -2.18. The average molecular weight is 148 g/mol. The molecule has 0 fully saturated rings. The Balaban J connectivity index is 2.49. The van der Waals surface area contributed by atoms with Crippen molar-refractivity contribution in [3.05, 3.63) is 29.3 Å². The fourth-order valence-electron chi connectivity index (χ4n) is 1.55. The molecule has 1 nitrogen and oxygen atoms in total. The first-order valence-electron chi connectivity index (χ1n) is 4.09. The van der Waals surface area contributed by atoms with Crippen molar-refractivity contribution in [3.8, 4) is 5.75 Å². The number of fused-ring (bicyclic) bond motifs is 1. The third kappa shape index (κ3) is 1.11. The van der Waals surface area contributed by atoms with Crippen molar-refractivity contribution in [1.29, 1.82) is 0 Å². The summed E-state index contributed by atoms with van der Waals surface area (Å²) in [5.74, 6) is 1.12. The number of hydrogen-bond donors (Lipinski definition) is 0. The monoisotopic (exact) mass is 148 g/mol. The van der Waals surface area contributed by atoms with E-state index in [9.17, 15) is 0 Å². The third-order valence-electron chi connectivity index (χ3n) is 2.13. The van der Waals surface area contributed by atoms with Crippen molar-refractivity contribution < 1.29 is 4.74 Å². The number of para-hydroxylation sites is 1. The van der Waals surface area contributed by atoms with Crippen LogP contribution in [0, 0.1) is 6.92 Å². The fourth-order valence-corrected chi connectivity index (χ4v) is 1.55. The van der Waals surface area contributed by atoms with Crippen LogP contribution in [0.2, 0.25) is 0 Å². The van der Waals surface area contributed by atoms with Crippen molar-refractivity contribution in [2.45, 2.75) is 19.8 Å². The first-order chi connectivity index (χ1) is 5.38. The minimum atomic E-state index is 0.887. The zero-order chi connectivity index (χ0) is 7.68. The van der Waals surface area contributed by atoms with Gasteiger partial charge in [0.15, 0.2) is 0 Å². The molecule has 0 radical (unpaired) electrons. The molecule has 58 valence electrons. The van der Waals surface area contributed by atoms with Gasteiger partial charge in [0.1, 0.15) is 5.75 Å². The second-order valence-corrected chi connectivity index (χ2v) is 3.02. The maximum atomic E-state index is 5.55. The molecule has 0 saturated heterocycles. The Kier molecular flexibility index (Phi) is 1.57. The molecule has 0 unspecified atom stereocenters. The van der Waals surface area contributed by atoms with Crippen LogP contribution in [0.4, 0.5) is 0 Å². The summed E-state index contributed by atoms with van der Waals surface area (Å²) in [7, 11) is 0. The van der Waals surface area contributed by atoms with Crippen molar-refractivity contribution in [3.63, 3.8) is 0 Å². The van der Waals surface area contributed by atoms with E-state index in [4.69, 9.17) is 4.74 Å². The molecule has 1 heterocycles. The maximum Gasteiger partial charge on any atom is 0.125 e. The van der Waals surface area contributed by atoms with Gasteiger partial charge in [-0.1, -0.05) is 18.2 Å². The highest BCUT2D eigenvalue weighted by atomic mass is 16.5. The number of benzene rings is 1. The fraction of sp³-hybridized carbons (Fsp3) is 0.400.